The molecule has 0 fully saturated rings. The molecule has 1 aromatic rings. The minimum atomic E-state index is -0.174. The van der Waals surface area contributed by atoms with Gasteiger partial charge in [0.15, 0.2) is 0 Å². The Morgan fingerprint density at radius 2 is 2.00 bits per heavy atom. The van der Waals surface area contributed by atoms with E-state index in [4.69, 9.17) is 12.2 Å². The summed E-state index contributed by atoms with van der Waals surface area (Å²) in [6.45, 7) is 0. The van der Waals surface area contributed by atoms with Crippen LogP contribution in [0.25, 0.3) is 0 Å². The second-order valence-corrected chi connectivity index (χ2v) is 6.36. The first-order valence-electron chi connectivity index (χ1n) is 5.07. The van der Waals surface area contributed by atoms with E-state index in [2.05, 4.69) is 4.74 Å². The Labute approximate surface area is 116 Å². The molecular weight excluding hydrogens is 272 g/mol. The van der Waals surface area contributed by atoms with Crippen molar-refractivity contribution in [2.45, 2.75) is 17.7 Å². The summed E-state index contributed by atoms with van der Waals surface area (Å²) in [5.41, 5.74) is 1.13. The average molecular weight is 286 g/mol. The maximum absolute atomic E-state index is 11.0. The lowest BCUT2D eigenvalue weighted by Gasteiger charge is -2.03. The van der Waals surface area contributed by atoms with Gasteiger partial charge in [-0.15, -0.1) is 11.8 Å². The Hall–Kier alpha value is -0.520. The van der Waals surface area contributed by atoms with Crippen molar-refractivity contribution in [3.8, 4) is 0 Å². The van der Waals surface area contributed by atoms with E-state index in [0.29, 0.717) is 12.8 Å². The van der Waals surface area contributed by atoms with Crippen LogP contribution in [0.5, 0.6) is 0 Å². The number of thioether (sulfide) groups is 2. The third kappa shape index (κ3) is 5.57. The molecule has 1 rings (SSSR count). The normalized spacial score (nSPS) is 10.0. The molecule has 0 bridgehead atoms. The summed E-state index contributed by atoms with van der Waals surface area (Å²) in [5, 5.41) is 0. The van der Waals surface area contributed by atoms with Crippen LogP contribution in [0.3, 0.4) is 0 Å². The van der Waals surface area contributed by atoms with Crippen LogP contribution in [-0.2, 0) is 16.0 Å². The summed E-state index contributed by atoms with van der Waals surface area (Å²) in [6, 6.07) is 8.10. The van der Waals surface area contributed by atoms with E-state index < -0.39 is 0 Å². The molecule has 17 heavy (non-hydrogen) atoms. The van der Waals surface area contributed by atoms with E-state index in [1.165, 1.54) is 7.11 Å². The zero-order valence-corrected chi connectivity index (χ0v) is 12.2. The molecule has 0 N–H and O–H groups in total. The molecule has 1 aromatic carbocycles. The van der Waals surface area contributed by atoms with Crippen LogP contribution in [0.15, 0.2) is 29.2 Å². The Kier molecular flexibility index (Phi) is 6.62. The fraction of sp³-hybridized carbons (Fsp3) is 0.333. The van der Waals surface area contributed by atoms with Crippen molar-refractivity contribution in [3.63, 3.8) is 0 Å². The van der Waals surface area contributed by atoms with Crippen molar-refractivity contribution in [2.24, 2.45) is 0 Å². The standard InChI is InChI=1S/C12H14O2S3/c1-14-11(13)8-5-9-3-6-10(7-4-9)17-12(15)16-2/h3-4,6-7H,5,8H2,1-2H3. The number of thiocarbonyl (C=S) groups is 1. The number of benzene rings is 1. The number of methoxy groups -OCH3 is 1. The van der Waals surface area contributed by atoms with E-state index in [0.717, 1.165) is 14.0 Å². The van der Waals surface area contributed by atoms with E-state index in [1.807, 2.05) is 30.5 Å². The van der Waals surface area contributed by atoms with Crippen LogP contribution in [0.4, 0.5) is 0 Å². The number of hydrogen-bond acceptors (Lipinski definition) is 5. The molecule has 0 atom stereocenters. The van der Waals surface area contributed by atoms with Crippen LogP contribution >= 0.6 is 35.7 Å². The van der Waals surface area contributed by atoms with Crippen LogP contribution in [-0.4, -0.2) is 22.9 Å². The maximum Gasteiger partial charge on any atom is 0.305 e. The lowest BCUT2D eigenvalue weighted by molar-refractivity contribution is -0.140. The largest absolute Gasteiger partial charge is 0.469 e. The Morgan fingerprint density at radius 3 is 2.53 bits per heavy atom. The molecule has 0 aliphatic rings. The molecule has 5 heteroatoms. The molecule has 2 nitrogen and oxygen atoms in total. The fourth-order valence-corrected chi connectivity index (χ4v) is 2.59. The first-order valence-corrected chi connectivity index (χ1v) is 7.52. The summed E-state index contributed by atoms with van der Waals surface area (Å²) in [4.78, 5) is 12.1. The van der Waals surface area contributed by atoms with Gasteiger partial charge in [-0.05, 0) is 30.4 Å². The highest BCUT2D eigenvalue weighted by atomic mass is 32.2. The highest BCUT2D eigenvalue weighted by Crippen LogP contribution is 2.25. The van der Waals surface area contributed by atoms with Crippen LogP contribution in [0.2, 0.25) is 0 Å². The molecule has 0 saturated heterocycles. The topological polar surface area (TPSA) is 26.3 Å². The monoisotopic (exact) mass is 286 g/mol. The van der Waals surface area contributed by atoms with Crippen LogP contribution < -0.4 is 0 Å². The summed E-state index contributed by atoms with van der Waals surface area (Å²) < 4.78 is 5.51. The molecule has 0 aliphatic heterocycles. The number of hydrogen-bond donors (Lipinski definition) is 0. The van der Waals surface area contributed by atoms with Gasteiger partial charge < -0.3 is 4.74 Å². The minimum Gasteiger partial charge on any atom is -0.469 e. The summed E-state index contributed by atoms with van der Waals surface area (Å²) in [7, 11) is 1.41. The third-order valence-corrected chi connectivity index (χ3v) is 4.64. The van der Waals surface area contributed by atoms with Crippen molar-refractivity contribution in [1.82, 2.24) is 0 Å². The molecule has 0 aromatic heterocycles. The Bertz CT molecular complexity index is 387. The molecule has 0 unspecified atom stereocenters. The summed E-state index contributed by atoms with van der Waals surface area (Å²) in [5.74, 6) is -0.174. The van der Waals surface area contributed by atoms with Crippen molar-refractivity contribution in [1.29, 1.82) is 0 Å². The second kappa shape index (κ2) is 7.74. The van der Waals surface area contributed by atoms with E-state index in [-0.39, 0.29) is 5.97 Å². The quantitative estimate of drug-likeness (QED) is 0.479. The van der Waals surface area contributed by atoms with E-state index in [1.54, 1.807) is 23.5 Å². The van der Waals surface area contributed by atoms with E-state index in [9.17, 15) is 4.79 Å². The van der Waals surface area contributed by atoms with Gasteiger partial charge in [0, 0.05) is 11.3 Å². The van der Waals surface area contributed by atoms with Gasteiger partial charge in [0.05, 0.1) is 7.11 Å². The van der Waals surface area contributed by atoms with Gasteiger partial charge in [0.25, 0.3) is 0 Å². The number of ether oxygens (including phenoxy) is 1. The molecule has 0 radical (unpaired) electrons. The predicted octanol–water partition coefficient (Wildman–Crippen LogP) is 3.53. The first-order chi connectivity index (χ1) is 8.15. The average Bonchev–Trinajstić information content (AvgIpc) is 2.37. The highest BCUT2D eigenvalue weighted by Gasteiger charge is 2.02. The van der Waals surface area contributed by atoms with Gasteiger partial charge in [-0.1, -0.05) is 36.1 Å². The minimum absolute atomic E-state index is 0.174. The third-order valence-electron chi connectivity index (χ3n) is 2.14. The molecule has 0 amide bonds. The first kappa shape index (κ1) is 14.5. The molecular formula is C12H14O2S3. The lowest BCUT2D eigenvalue weighted by atomic mass is 10.1. The Balaban J connectivity index is 2.50. The SMILES string of the molecule is COC(=O)CCc1ccc(SC(=S)SC)cc1. The zero-order valence-electron chi connectivity index (χ0n) is 9.76. The van der Waals surface area contributed by atoms with Gasteiger partial charge in [0.1, 0.15) is 3.53 Å². The zero-order chi connectivity index (χ0) is 12.7. The molecule has 0 saturated carbocycles. The molecule has 92 valence electrons. The second-order valence-electron chi connectivity index (χ2n) is 3.28. The fourth-order valence-electron chi connectivity index (χ4n) is 1.21. The molecule has 0 spiro atoms. The Morgan fingerprint density at radius 1 is 1.35 bits per heavy atom. The maximum atomic E-state index is 11.0. The number of aryl methyl sites for hydroxylation is 1. The smallest absolute Gasteiger partial charge is 0.305 e. The molecule has 0 heterocycles. The number of rotatable bonds is 4. The number of carbonyl (C=O) groups excluding carboxylic acids is 1. The van der Waals surface area contributed by atoms with Crippen LogP contribution in [0, 0.1) is 0 Å². The molecule has 0 aliphatic carbocycles. The van der Waals surface area contributed by atoms with Crippen molar-refractivity contribution >= 4 is 45.2 Å². The lowest BCUT2D eigenvalue weighted by Crippen LogP contribution is -2.01. The summed E-state index contributed by atoms with van der Waals surface area (Å²) in [6.07, 6.45) is 3.11. The number of carbonyl (C=O) groups is 1. The number of esters is 1. The van der Waals surface area contributed by atoms with Gasteiger partial charge in [0.2, 0.25) is 0 Å². The van der Waals surface area contributed by atoms with Crippen LogP contribution in [0.1, 0.15) is 12.0 Å². The van der Waals surface area contributed by atoms with Crippen molar-refractivity contribution in [2.75, 3.05) is 13.4 Å². The van der Waals surface area contributed by atoms with Gasteiger partial charge in [-0.2, -0.15) is 0 Å². The van der Waals surface area contributed by atoms with Crippen molar-refractivity contribution < 1.29 is 9.53 Å². The highest BCUT2D eigenvalue weighted by molar-refractivity contribution is 8.47. The van der Waals surface area contributed by atoms with E-state index >= 15 is 0 Å². The van der Waals surface area contributed by atoms with Gasteiger partial charge in [-0.25, -0.2) is 0 Å². The van der Waals surface area contributed by atoms with Gasteiger partial charge in [-0.3, -0.25) is 4.79 Å². The predicted molar refractivity (Wildman–Crippen MR) is 78.7 cm³/mol. The van der Waals surface area contributed by atoms with Crippen molar-refractivity contribution in [3.05, 3.63) is 29.8 Å². The van der Waals surface area contributed by atoms with Gasteiger partial charge >= 0.3 is 5.97 Å². The summed E-state index contributed by atoms with van der Waals surface area (Å²) >= 11 is 8.29.